The first-order valence-corrected chi connectivity index (χ1v) is 9.46. The molecule has 0 saturated carbocycles. The van der Waals surface area contributed by atoms with Crippen LogP contribution in [0.1, 0.15) is 56.9 Å². The molecule has 148 valence electrons. The van der Waals surface area contributed by atoms with Gasteiger partial charge in [0, 0.05) is 12.5 Å². The molecule has 0 fully saturated rings. The molecule has 0 aliphatic carbocycles. The van der Waals surface area contributed by atoms with E-state index in [1.54, 1.807) is 0 Å². The Labute approximate surface area is 161 Å². The van der Waals surface area contributed by atoms with Gasteiger partial charge in [-0.15, -0.1) is 0 Å². The number of aliphatic hydroxyl groups excluding tert-OH is 1. The molecule has 0 aromatic heterocycles. The molecule has 0 aliphatic rings. The van der Waals surface area contributed by atoms with Crippen LogP contribution in [0, 0.1) is 0 Å². The summed E-state index contributed by atoms with van der Waals surface area (Å²) in [5.74, 6) is -0.0324. The number of thiocarbonyl (C=S) groups is 1. The Morgan fingerprint density at radius 1 is 1.19 bits per heavy atom. The van der Waals surface area contributed by atoms with Gasteiger partial charge >= 0.3 is 6.09 Å². The van der Waals surface area contributed by atoms with Gasteiger partial charge < -0.3 is 26.0 Å². The molecule has 0 bridgehead atoms. The smallest absolute Gasteiger partial charge is 0.402 e. The molecule has 1 rings (SSSR count). The lowest BCUT2D eigenvalue weighted by Gasteiger charge is -2.16. The van der Waals surface area contributed by atoms with Crippen molar-refractivity contribution in [2.45, 2.75) is 51.4 Å². The zero-order valence-corrected chi connectivity index (χ0v) is 16.3. The minimum atomic E-state index is -1.33. The largest absolute Gasteiger partial charge is 0.470 e. The van der Waals surface area contributed by atoms with Crippen LogP contribution in [0.25, 0.3) is 0 Å². The van der Waals surface area contributed by atoms with Crippen molar-refractivity contribution < 1.29 is 19.7 Å². The van der Waals surface area contributed by atoms with Crippen molar-refractivity contribution in [2.75, 3.05) is 19.8 Å². The highest BCUT2D eigenvalue weighted by Gasteiger charge is 2.11. The van der Waals surface area contributed by atoms with Crippen molar-refractivity contribution in [2.24, 2.45) is 5.73 Å². The number of benzene rings is 1. The zero-order valence-electron chi connectivity index (χ0n) is 15.5. The number of hydrogen-bond donors (Lipinski definition) is 4. The molecule has 26 heavy (non-hydrogen) atoms. The van der Waals surface area contributed by atoms with Gasteiger partial charge in [0.05, 0.1) is 13.2 Å². The van der Waals surface area contributed by atoms with Gasteiger partial charge in [-0.05, 0) is 24.2 Å². The Bertz CT molecular complexity index is 482. The van der Waals surface area contributed by atoms with Crippen molar-refractivity contribution >= 4 is 23.5 Å². The van der Waals surface area contributed by atoms with Crippen molar-refractivity contribution in [1.82, 2.24) is 5.32 Å². The van der Waals surface area contributed by atoms with E-state index in [0.717, 1.165) is 18.5 Å². The van der Waals surface area contributed by atoms with Crippen LogP contribution in [-0.2, 0) is 4.74 Å². The van der Waals surface area contributed by atoms with E-state index < -0.39 is 6.09 Å². The lowest BCUT2D eigenvalue weighted by atomic mass is 10.0. The number of unbranched alkanes of at least 4 members (excludes halogenated alkanes) is 5. The number of ether oxygens (including phenoxy) is 1. The number of hydrogen-bond acceptors (Lipinski definition) is 4. The maximum atomic E-state index is 9.47. The summed E-state index contributed by atoms with van der Waals surface area (Å²) >= 11 is 5.17. The number of rotatable bonds is 11. The predicted molar refractivity (Wildman–Crippen MR) is 108 cm³/mol. The van der Waals surface area contributed by atoms with Crippen LogP contribution in [0.4, 0.5) is 4.79 Å². The summed E-state index contributed by atoms with van der Waals surface area (Å²) < 4.78 is 5.55. The quantitative estimate of drug-likeness (QED) is 0.343. The van der Waals surface area contributed by atoms with Gasteiger partial charge in [0.15, 0.2) is 0 Å². The standard InChI is InChI=1S/C18H29NO2S.CH3NO2/c1-2-3-4-5-6-10-13-19-18(22)21-15-17(14-20)16-11-8-7-9-12-16;2-1(3)4/h7-9,11-12,17,20H,2-6,10,13-15H2,1H3,(H,19,22);2H2,(H,3,4). The Balaban J connectivity index is 0.00000141. The van der Waals surface area contributed by atoms with Crippen molar-refractivity contribution in [1.29, 1.82) is 0 Å². The van der Waals surface area contributed by atoms with Gasteiger partial charge in [0.1, 0.15) is 0 Å². The molecule has 1 unspecified atom stereocenters. The van der Waals surface area contributed by atoms with E-state index in [9.17, 15) is 5.11 Å². The first-order chi connectivity index (χ1) is 12.5. The van der Waals surface area contributed by atoms with E-state index in [1.807, 2.05) is 30.3 Å². The van der Waals surface area contributed by atoms with E-state index in [4.69, 9.17) is 26.9 Å². The second kappa shape index (κ2) is 16.6. The number of primary amides is 1. The molecule has 1 amide bonds. The van der Waals surface area contributed by atoms with Gasteiger partial charge in [-0.1, -0.05) is 69.4 Å². The number of aliphatic hydroxyl groups is 1. The van der Waals surface area contributed by atoms with Crippen molar-refractivity contribution in [3.05, 3.63) is 35.9 Å². The number of nitrogens with one attached hydrogen (secondary N) is 1. The first-order valence-electron chi connectivity index (χ1n) is 9.06. The number of amides is 1. The molecule has 0 saturated heterocycles. The summed E-state index contributed by atoms with van der Waals surface area (Å²) in [5.41, 5.74) is 5.10. The second-order valence-corrected chi connectivity index (χ2v) is 6.29. The number of carbonyl (C=O) groups is 1. The van der Waals surface area contributed by atoms with Crippen LogP contribution >= 0.6 is 12.2 Å². The lowest BCUT2D eigenvalue weighted by Crippen LogP contribution is -2.27. The summed E-state index contributed by atoms with van der Waals surface area (Å²) in [6.07, 6.45) is 6.26. The third-order valence-corrected chi connectivity index (χ3v) is 3.97. The van der Waals surface area contributed by atoms with Crippen LogP contribution in [0.2, 0.25) is 0 Å². The Kier molecular flexibility index (Phi) is 15.4. The minimum Gasteiger partial charge on any atom is -0.470 e. The van der Waals surface area contributed by atoms with Gasteiger partial charge in [0.2, 0.25) is 0 Å². The lowest BCUT2D eigenvalue weighted by molar-refractivity contribution is 0.197. The van der Waals surface area contributed by atoms with Gasteiger partial charge in [-0.2, -0.15) is 0 Å². The maximum absolute atomic E-state index is 9.47. The van der Waals surface area contributed by atoms with E-state index in [0.29, 0.717) is 11.8 Å². The fourth-order valence-corrected chi connectivity index (χ4v) is 2.47. The highest BCUT2D eigenvalue weighted by atomic mass is 32.1. The third-order valence-electron chi connectivity index (χ3n) is 3.71. The second-order valence-electron chi connectivity index (χ2n) is 5.92. The fraction of sp³-hybridized carbons (Fsp3) is 0.579. The molecular formula is C19H32N2O4S. The van der Waals surface area contributed by atoms with Crippen molar-refractivity contribution in [3.63, 3.8) is 0 Å². The molecule has 5 N–H and O–H groups in total. The summed E-state index contributed by atoms with van der Waals surface area (Å²) in [5, 5.41) is 20.2. The molecule has 0 spiro atoms. The maximum Gasteiger partial charge on any atom is 0.402 e. The SMILES string of the molecule is CCCCCCCCNC(=S)OCC(CO)c1ccccc1.NC(=O)O. The van der Waals surface area contributed by atoms with E-state index >= 15 is 0 Å². The topological polar surface area (TPSA) is 105 Å². The third kappa shape index (κ3) is 14.5. The Morgan fingerprint density at radius 3 is 2.35 bits per heavy atom. The van der Waals surface area contributed by atoms with E-state index in [1.165, 1.54) is 32.1 Å². The number of nitrogens with two attached hydrogens (primary N) is 1. The molecule has 1 aromatic carbocycles. The molecule has 1 atom stereocenters. The summed E-state index contributed by atoms with van der Waals surface area (Å²) in [6.45, 7) is 3.55. The highest BCUT2D eigenvalue weighted by molar-refractivity contribution is 7.80. The average molecular weight is 385 g/mol. The van der Waals surface area contributed by atoms with Crippen LogP contribution in [0.15, 0.2) is 30.3 Å². The normalized spacial score (nSPS) is 11.0. The van der Waals surface area contributed by atoms with Crippen LogP contribution in [-0.4, -0.2) is 41.2 Å². The van der Waals surface area contributed by atoms with Gasteiger partial charge in [-0.25, -0.2) is 4.79 Å². The molecule has 0 heterocycles. The Hall–Kier alpha value is -1.86. The van der Waals surface area contributed by atoms with E-state index in [-0.39, 0.29) is 12.5 Å². The summed E-state index contributed by atoms with van der Waals surface area (Å²) in [4.78, 5) is 8.78. The molecular weight excluding hydrogens is 352 g/mol. The molecule has 0 radical (unpaired) electrons. The first kappa shape index (κ1) is 24.1. The van der Waals surface area contributed by atoms with Crippen molar-refractivity contribution in [3.8, 4) is 0 Å². The number of carboxylic acid groups (broad SMARTS) is 1. The fourth-order valence-electron chi connectivity index (χ4n) is 2.30. The molecule has 7 heteroatoms. The van der Waals surface area contributed by atoms with Gasteiger partial charge in [0.25, 0.3) is 5.17 Å². The molecule has 6 nitrogen and oxygen atoms in total. The Morgan fingerprint density at radius 2 is 1.77 bits per heavy atom. The monoisotopic (exact) mass is 384 g/mol. The summed E-state index contributed by atoms with van der Waals surface area (Å²) in [6, 6.07) is 9.89. The summed E-state index contributed by atoms with van der Waals surface area (Å²) in [7, 11) is 0. The predicted octanol–water partition coefficient (Wildman–Crippen LogP) is 3.64. The molecule has 1 aromatic rings. The van der Waals surface area contributed by atoms with E-state index in [2.05, 4.69) is 18.0 Å². The molecule has 0 aliphatic heterocycles. The van der Waals surface area contributed by atoms with Crippen LogP contribution in [0.5, 0.6) is 0 Å². The van der Waals surface area contributed by atoms with Crippen LogP contribution in [0.3, 0.4) is 0 Å². The average Bonchev–Trinajstić information content (AvgIpc) is 2.62. The minimum absolute atomic E-state index is 0.0324. The highest BCUT2D eigenvalue weighted by Crippen LogP contribution is 2.15. The zero-order chi connectivity index (χ0) is 19.6. The van der Waals surface area contributed by atoms with Crippen LogP contribution < -0.4 is 11.1 Å². The van der Waals surface area contributed by atoms with Gasteiger partial charge in [-0.3, -0.25) is 0 Å².